The van der Waals surface area contributed by atoms with Crippen molar-refractivity contribution in [2.24, 2.45) is 0 Å². The molecule has 8 aromatic rings. The highest BCUT2D eigenvalue weighted by Gasteiger charge is 2.20. The molecule has 4 heteroatoms. The molecule has 8 rings (SSSR count). The third-order valence-corrected chi connectivity index (χ3v) is 7.72. The lowest BCUT2D eigenvalue weighted by Gasteiger charge is -2.17. The van der Waals surface area contributed by atoms with Crippen molar-refractivity contribution in [1.82, 2.24) is 9.55 Å². The van der Waals surface area contributed by atoms with Crippen molar-refractivity contribution in [3.63, 3.8) is 0 Å². The minimum atomic E-state index is 0.540. The molecule has 0 fully saturated rings. The molecule has 0 saturated carbocycles. The maximum atomic E-state index is 9.49. The number of benzene rings is 5. The Balaban J connectivity index is 1.45. The summed E-state index contributed by atoms with van der Waals surface area (Å²) in [6.07, 6.45) is 3.41. The molecule has 5 aromatic carbocycles. The molecule has 0 bridgehead atoms. The van der Waals surface area contributed by atoms with Gasteiger partial charge in [0.1, 0.15) is 17.2 Å². The van der Waals surface area contributed by atoms with Crippen LogP contribution in [0.4, 0.5) is 0 Å². The van der Waals surface area contributed by atoms with Crippen molar-refractivity contribution in [3.8, 4) is 34.0 Å². The van der Waals surface area contributed by atoms with Crippen LogP contribution < -0.4 is 0 Å². The summed E-state index contributed by atoms with van der Waals surface area (Å²) in [5.74, 6) is 0. The highest BCUT2D eigenvalue weighted by atomic mass is 16.3. The maximum Gasteiger partial charge on any atom is 0.145 e. The lowest BCUT2D eigenvalue weighted by Crippen LogP contribution is -1.98. The molecule has 186 valence electrons. The minimum Gasteiger partial charge on any atom is -0.455 e. The maximum absolute atomic E-state index is 9.49. The van der Waals surface area contributed by atoms with E-state index in [9.17, 15) is 5.26 Å². The number of pyridine rings is 1. The van der Waals surface area contributed by atoms with Gasteiger partial charge in [0.2, 0.25) is 0 Å². The summed E-state index contributed by atoms with van der Waals surface area (Å²) in [4.78, 5) is 4.33. The van der Waals surface area contributed by atoms with Crippen LogP contribution in [0.5, 0.6) is 0 Å². The second-order valence-electron chi connectivity index (χ2n) is 9.92. The summed E-state index contributed by atoms with van der Waals surface area (Å²) in [5, 5.41) is 14.0. The van der Waals surface area contributed by atoms with Crippen molar-refractivity contribution >= 4 is 43.7 Å². The molecule has 0 spiro atoms. The summed E-state index contributed by atoms with van der Waals surface area (Å²) >= 11 is 0. The molecule has 0 atom stereocenters. The normalized spacial score (nSPS) is 11.5. The molecule has 0 saturated heterocycles. The van der Waals surface area contributed by atoms with E-state index >= 15 is 0 Å². The summed E-state index contributed by atoms with van der Waals surface area (Å²) in [6.45, 7) is 0. The molecule has 0 amide bonds. The summed E-state index contributed by atoms with van der Waals surface area (Å²) in [6, 6.07) is 42.0. The van der Waals surface area contributed by atoms with E-state index < -0.39 is 0 Å². The molecule has 40 heavy (non-hydrogen) atoms. The molecule has 0 aliphatic carbocycles. The number of aromatic nitrogens is 2. The largest absolute Gasteiger partial charge is 0.455 e. The van der Waals surface area contributed by atoms with E-state index in [1.807, 2.05) is 30.5 Å². The minimum absolute atomic E-state index is 0.540. The van der Waals surface area contributed by atoms with Crippen molar-refractivity contribution in [2.45, 2.75) is 0 Å². The first-order valence-corrected chi connectivity index (χ1v) is 13.2. The fourth-order valence-electron chi connectivity index (χ4n) is 6.01. The third-order valence-electron chi connectivity index (χ3n) is 7.72. The Morgan fingerprint density at radius 2 is 1.35 bits per heavy atom. The standard InChI is InChI=1S/C36H21N3O/c37-20-23-19-24(22-38-21-23)25-9-1-2-10-26(25)27-11-3-6-14-31(27)39-32-15-7-4-13-30(32)35-33(39)18-17-29-28-12-5-8-16-34(28)40-36(29)35/h1-19,21-22H. The number of fused-ring (bicyclic) bond motifs is 7. The predicted octanol–water partition coefficient (Wildman–Crippen LogP) is 9.28. The Morgan fingerprint density at radius 3 is 2.23 bits per heavy atom. The van der Waals surface area contributed by atoms with Gasteiger partial charge in [-0.1, -0.05) is 78.9 Å². The summed E-state index contributed by atoms with van der Waals surface area (Å²) in [5.41, 5.74) is 9.72. The summed E-state index contributed by atoms with van der Waals surface area (Å²) in [7, 11) is 0. The second kappa shape index (κ2) is 8.69. The fraction of sp³-hybridized carbons (Fsp3) is 0. The summed E-state index contributed by atoms with van der Waals surface area (Å²) < 4.78 is 8.83. The van der Waals surface area contributed by atoms with Crippen LogP contribution in [0.15, 0.2) is 132 Å². The molecule has 3 heterocycles. The van der Waals surface area contributed by atoms with Crippen molar-refractivity contribution in [3.05, 3.63) is 133 Å². The number of para-hydroxylation sites is 3. The van der Waals surface area contributed by atoms with Crippen molar-refractivity contribution < 1.29 is 4.42 Å². The number of furan rings is 1. The monoisotopic (exact) mass is 511 g/mol. The van der Waals surface area contributed by atoms with Crippen LogP contribution in [0.3, 0.4) is 0 Å². The average Bonchev–Trinajstić information content (AvgIpc) is 3.57. The van der Waals surface area contributed by atoms with Gasteiger partial charge in [-0.3, -0.25) is 4.98 Å². The molecule has 0 aliphatic rings. The zero-order valence-corrected chi connectivity index (χ0v) is 21.4. The molecular weight excluding hydrogens is 490 g/mol. The third kappa shape index (κ3) is 3.22. The van der Waals surface area contributed by atoms with Gasteiger partial charge < -0.3 is 8.98 Å². The van der Waals surface area contributed by atoms with Gasteiger partial charge in [-0.15, -0.1) is 0 Å². The lowest BCUT2D eigenvalue weighted by molar-refractivity contribution is 0.673. The lowest BCUT2D eigenvalue weighted by atomic mass is 9.94. The van der Waals surface area contributed by atoms with Crippen molar-refractivity contribution in [1.29, 1.82) is 5.26 Å². The Labute approximate surface area is 230 Å². The molecule has 0 N–H and O–H groups in total. The highest BCUT2D eigenvalue weighted by molar-refractivity contribution is 6.24. The predicted molar refractivity (Wildman–Crippen MR) is 161 cm³/mol. The van der Waals surface area contributed by atoms with Gasteiger partial charge in [-0.2, -0.15) is 5.26 Å². The van der Waals surface area contributed by atoms with Crippen LogP contribution in [-0.2, 0) is 0 Å². The van der Waals surface area contributed by atoms with E-state index in [-0.39, 0.29) is 0 Å². The van der Waals surface area contributed by atoms with E-state index in [0.29, 0.717) is 5.56 Å². The zero-order chi connectivity index (χ0) is 26.6. The van der Waals surface area contributed by atoms with Crippen molar-refractivity contribution in [2.75, 3.05) is 0 Å². The van der Waals surface area contributed by atoms with Crippen LogP contribution in [0, 0.1) is 11.3 Å². The van der Waals surface area contributed by atoms with E-state index in [0.717, 1.165) is 71.7 Å². The number of hydrogen-bond acceptors (Lipinski definition) is 3. The second-order valence-corrected chi connectivity index (χ2v) is 9.92. The Hall–Kier alpha value is -5.66. The molecular formula is C36H21N3O. The van der Waals surface area contributed by atoms with Gasteiger partial charge in [-0.05, 0) is 47.5 Å². The Morgan fingerprint density at radius 1 is 0.625 bits per heavy atom. The highest BCUT2D eigenvalue weighted by Crippen LogP contribution is 2.43. The van der Waals surface area contributed by atoms with E-state index in [1.54, 1.807) is 6.20 Å². The number of nitrogens with zero attached hydrogens (tertiary/aromatic N) is 3. The van der Waals surface area contributed by atoms with E-state index in [1.165, 1.54) is 0 Å². The Bertz CT molecular complexity index is 2300. The van der Waals surface area contributed by atoms with Crippen LogP contribution in [0.2, 0.25) is 0 Å². The first kappa shape index (κ1) is 22.3. The number of rotatable bonds is 3. The smallest absolute Gasteiger partial charge is 0.145 e. The fourth-order valence-corrected chi connectivity index (χ4v) is 6.01. The molecule has 3 aromatic heterocycles. The van der Waals surface area contributed by atoms with Gasteiger partial charge in [0.05, 0.1) is 27.7 Å². The zero-order valence-electron chi connectivity index (χ0n) is 21.4. The molecule has 0 aliphatic heterocycles. The van der Waals surface area contributed by atoms with E-state index in [2.05, 4.69) is 107 Å². The first-order valence-electron chi connectivity index (χ1n) is 13.2. The number of hydrogen-bond donors (Lipinski definition) is 0. The van der Waals surface area contributed by atoms with E-state index in [4.69, 9.17) is 4.42 Å². The molecule has 0 radical (unpaired) electrons. The van der Waals surface area contributed by atoms with Gasteiger partial charge >= 0.3 is 0 Å². The van der Waals surface area contributed by atoms with Crippen LogP contribution in [0.1, 0.15) is 5.56 Å². The van der Waals surface area contributed by atoms with Gasteiger partial charge in [0, 0.05) is 39.7 Å². The average molecular weight is 512 g/mol. The quantitative estimate of drug-likeness (QED) is 0.237. The molecule has 4 nitrogen and oxygen atoms in total. The van der Waals surface area contributed by atoms with Crippen LogP contribution in [-0.4, -0.2) is 9.55 Å². The van der Waals surface area contributed by atoms with Crippen LogP contribution >= 0.6 is 0 Å². The topological polar surface area (TPSA) is 54.8 Å². The SMILES string of the molecule is N#Cc1cncc(-c2ccccc2-c2ccccc2-n2c3ccccc3c3c4oc5ccccc5c4ccc32)c1. The van der Waals surface area contributed by atoms with Gasteiger partial charge in [0.15, 0.2) is 0 Å². The van der Waals surface area contributed by atoms with Gasteiger partial charge in [0.25, 0.3) is 0 Å². The number of nitriles is 1. The Kier molecular flexibility index (Phi) is 4.85. The van der Waals surface area contributed by atoms with Crippen LogP contribution in [0.25, 0.3) is 71.7 Å². The van der Waals surface area contributed by atoms with Gasteiger partial charge in [-0.25, -0.2) is 0 Å². The molecule has 0 unspecified atom stereocenters. The first-order chi connectivity index (χ1) is 19.8.